The molecule has 0 spiro atoms. The Labute approximate surface area is 71.6 Å². The van der Waals surface area contributed by atoms with Crippen LogP contribution in [0, 0.1) is 5.92 Å². The van der Waals surface area contributed by atoms with Gasteiger partial charge in [-0.1, -0.05) is 39.5 Å². The first-order chi connectivity index (χ1) is 5.31. The largest absolute Gasteiger partial charge is 0.320 e. The molecule has 0 aliphatic heterocycles. The van der Waals surface area contributed by atoms with Gasteiger partial charge in [0.25, 0.3) is 0 Å². The Morgan fingerprint density at radius 1 is 1.18 bits per heavy atom. The molecule has 0 heterocycles. The van der Waals surface area contributed by atoms with Gasteiger partial charge in [0.05, 0.1) is 0 Å². The van der Waals surface area contributed by atoms with E-state index in [1.807, 2.05) is 7.05 Å². The normalized spacial score (nSPS) is 13.4. The Kier molecular flexibility index (Phi) is 8.03. The molecule has 0 aliphatic rings. The van der Waals surface area contributed by atoms with Crippen LogP contribution in [0.4, 0.5) is 0 Å². The monoisotopic (exact) mass is 157 g/mol. The molecule has 0 bridgehead atoms. The Balaban J connectivity index is 2.97. The lowest BCUT2D eigenvalue weighted by molar-refractivity contribution is 0.458. The predicted octanol–water partition coefficient (Wildman–Crippen LogP) is 2.81. The van der Waals surface area contributed by atoms with Crippen molar-refractivity contribution in [2.24, 2.45) is 5.92 Å². The second-order valence-corrected chi connectivity index (χ2v) is 3.49. The van der Waals surface area contributed by atoms with Crippen LogP contribution < -0.4 is 5.32 Å². The molecule has 0 aromatic heterocycles. The van der Waals surface area contributed by atoms with E-state index in [4.69, 9.17) is 0 Å². The molecule has 11 heavy (non-hydrogen) atoms. The van der Waals surface area contributed by atoms with Crippen molar-refractivity contribution in [1.82, 2.24) is 5.32 Å². The van der Waals surface area contributed by atoms with Crippen LogP contribution in [0.15, 0.2) is 0 Å². The maximum atomic E-state index is 3.17. The van der Waals surface area contributed by atoms with Crippen LogP contribution in [0.5, 0.6) is 0 Å². The fourth-order valence-corrected chi connectivity index (χ4v) is 1.43. The first-order valence-corrected chi connectivity index (χ1v) is 4.95. The molecule has 1 N–H and O–H groups in total. The van der Waals surface area contributed by atoms with Gasteiger partial charge in [-0.05, 0) is 25.9 Å². The van der Waals surface area contributed by atoms with E-state index in [1.54, 1.807) is 0 Å². The molecule has 0 aromatic rings. The van der Waals surface area contributed by atoms with Crippen molar-refractivity contribution < 1.29 is 0 Å². The molecule has 0 aliphatic carbocycles. The van der Waals surface area contributed by atoms with Crippen molar-refractivity contribution >= 4 is 0 Å². The van der Waals surface area contributed by atoms with Gasteiger partial charge in [-0.2, -0.15) is 0 Å². The zero-order chi connectivity index (χ0) is 8.53. The summed E-state index contributed by atoms with van der Waals surface area (Å²) in [6, 6.07) is 0. The van der Waals surface area contributed by atoms with E-state index in [9.17, 15) is 0 Å². The quantitative estimate of drug-likeness (QED) is 0.560. The molecule has 0 rings (SSSR count). The fraction of sp³-hybridized carbons (Fsp3) is 1.00. The van der Waals surface area contributed by atoms with Crippen molar-refractivity contribution in [3.05, 3.63) is 0 Å². The molecule has 0 unspecified atom stereocenters. The lowest BCUT2D eigenvalue weighted by Crippen LogP contribution is -2.07. The Morgan fingerprint density at radius 3 is 2.45 bits per heavy atom. The van der Waals surface area contributed by atoms with E-state index in [1.165, 1.54) is 38.6 Å². The molecule has 1 nitrogen and oxygen atoms in total. The summed E-state index contributed by atoms with van der Waals surface area (Å²) in [6.45, 7) is 5.81. The van der Waals surface area contributed by atoms with Crippen molar-refractivity contribution in [3.63, 3.8) is 0 Å². The highest BCUT2D eigenvalue weighted by atomic mass is 14.8. The minimum Gasteiger partial charge on any atom is -0.320 e. The van der Waals surface area contributed by atoms with Crippen LogP contribution in [0.25, 0.3) is 0 Å². The van der Waals surface area contributed by atoms with E-state index in [0.29, 0.717) is 0 Å². The second kappa shape index (κ2) is 8.06. The SMILES string of the molecule is CCC[C@@H](C)CCCCNC. The number of hydrogen-bond donors (Lipinski definition) is 1. The van der Waals surface area contributed by atoms with Gasteiger partial charge in [-0.25, -0.2) is 0 Å². The molecular formula is C10H23N. The Bertz CT molecular complexity index is 71.3. The van der Waals surface area contributed by atoms with E-state index < -0.39 is 0 Å². The lowest BCUT2D eigenvalue weighted by atomic mass is 9.99. The average Bonchev–Trinajstić information content (AvgIpc) is 1.99. The van der Waals surface area contributed by atoms with E-state index in [-0.39, 0.29) is 0 Å². The molecule has 68 valence electrons. The summed E-state index contributed by atoms with van der Waals surface area (Å²) in [5.74, 6) is 0.942. The van der Waals surface area contributed by atoms with Crippen LogP contribution in [-0.2, 0) is 0 Å². The van der Waals surface area contributed by atoms with Gasteiger partial charge >= 0.3 is 0 Å². The van der Waals surface area contributed by atoms with Crippen molar-refractivity contribution in [2.75, 3.05) is 13.6 Å². The molecule has 1 heteroatoms. The maximum absolute atomic E-state index is 3.17. The van der Waals surface area contributed by atoms with Gasteiger partial charge in [-0.3, -0.25) is 0 Å². The van der Waals surface area contributed by atoms with E-state index in [2.05, 4.69) is 19.2 Å². The maximum Gasteiger partial charge on any atom is -0.00519 e. The molecule has 0 fully saturated rings. The highest BCUT2D eigenvalue weighted by molar-refractivity contribution is 4.53. The van der Waals surface area contributed by atoms with Gasteiger partial charge in [0.15, 0.2) is 0 Å². The zero-order valence-electron chi connectivity index (χ0n) is 8.32. The van der Waals surface area contributed by atoms with Crippen LogP contribution in [0.3, 0.4) is 0 Å². The minimum atomic E-state index is 0.942. The number of unbranched alkanes of at least 4 members (excludes halogenated alkanes) is 1. The molecule has 0 radical (unpaired) electrons. The van der Waals surface area contributed by atoms with Crippen LogP contribution >= 0.6 is 0 Å². The average molecular weight is 157 g/mol. The fourth-order valence-electron chi connectivity index (χ4n) is 1.43. The Morgan fingerprint density at radius 2 is 1.91 bits per heavy atom. The van der Waals surface area contributed by atoms with Gasteiger partial charge in [-0.15, -0.1) is 0 Å². The number of rotatable bonds is 7. The van der Waals surface area contributed by atoms with Gasteiger partial charge in [0.2, 0.25) is 0 Å². The van der Waals surface area contributed by atoms with Crippen molar-refractivity contribution in [3.8, 4) is 0 Å². The highest BCUT2D eigenvalue weighted by Gasteiger charge is 1.98. The predicted molar refractivity (Wildman–Crippen MR) is 51.8 cm³/mol. The molecule has 0 saturated heterocycles. The third kappa shape index (κ3) is 7.86. The van der Waals surface area contributed by atoms with Crippen LogP contribution in [0.2, 0.25) is 0 Å². The summed E-state index contributed by atoms with van der Waals surface area (Å²) in [6.07, 6.45) is 6.88. The van der Waals surface area contributed by atoms with Gasteiger partial charge in [0.1, 0.15) is 0 Å². The summed E-state index contributed by atoms with van der Waals surface area (Å²) in [5, 5.41) is 3.17. The molecular weight excluding hydrogens is 134 g/mol. The third-order valence-electron chi connectivity index (χ3n) is 2.16. The van der Waals surface area contributed by atoms with Gasteiger partial charge in [0, 0.05) is 0 Å². The van der Waals surface area contributed by atoms with E-state index >= 15 is 0 Å². The minimum absolute atomic E-state index is 0.942. The molecule has 0 saturated carbocycles. The van der Waals surface area contributed by atoms with Crippen LogP contribution in [-0.4, -0.2) is 13.6 Å². The highest BCUT2D eigenvalue weighted by Crippen LogP contribution is 2.12. The standard InChI is InChI=1S/C10H23N/c1-4-7-10(2)8-5-6-9-11-3/h10-11H,4-9H2,1-3H3/t10-/m1/s1. The smallest absolute Gasteiger partial charge is 0.00519 e. The summed E-state index contributed by atoms with van der Waals surface area (Å²) >= 11 is 0. The van der Waals surface area contributed by atoms with Gasteiger partial charge < -0.3 is 5.32 Å². The second-order valence-electron chi connectivity index (χ2n) is 3.49. The molecule has 0 amide bonds. The van der Waals surface area contributed by atoms with Crippen LogP contribution in [0.1, 0.15) is 46.0 Å². The first kappa shape index (κ1) is 11.0. The number of nitrogens with one attached hydrogen (secondary N) is 1. The van der Waals surface area contributed by atoms with Crippen molar-refractivity contribution in [2.45, 2.75) is 46.0 Å². The first-order valence-electron chi connectivity index (χ1n) is 4.95. The lowest BCUT2D eigenvalue weighted by Gasteiger charge is -2.08. The Hall–Kier alpha value is -0.0400. The summed E-state index contributed by atoms with van der Waals surface area (Å²) < 4.78 is 0. The third-order valence-corrected chi connectivity index (χ3v) is 2.16. The molecule has 1 atom stereocenters. The summed E-state index contributed by atoms with van der Waals surface area (Å²) in [7, 11) is 2.02. The van der Waals surface area contributed by atoms with Crippen molar-refractivity contribution in [1.29, 1.82) is 0 Å². The molecule has 0 aromatic carbocycles. The summed E-state index contributed by atoms with van der Waals surface area (Å²) in [5.41, 5.74) is 0. The zero-order valence-corrected chi connectivity index (χ0v) is 8.32. The number of hydrogen-bond acceptors (Lipinski definition) is 1. The topological polar surface area (TPSA) is 12.0 Å². The van der Waals surface area contributed by atoms with E-state index in [0.717, 1.165) is 5.92 Å². The summed E-state index contributed by atoms with van der Waals surface area (Å²) in [4.78, 5) is 0.